The van der Waals surface area contributed by atoms with E-state index in [1.54, 1.807) is 7.05 Å². The van der Waals surface area contributed by atoms with Gasteiger partial charge in [-0.1, -0.05) is 52.0 Å². The topological polar surface area (TPSA) is 38.8 Å². The molecule has 0 saturated carbocycles. The first-order valence-corrected chi connectivity index (χ1v) is 10.7. The van der Waals surface area contributed by atoms with Gasteiger partial charge in [0, 0.05) is 17.1 Å². The smallest absolute Gasteiger partial charge is 0.265 e. The van der Waals surface area contributed by atoms with E-state index >= 15 is 0 Å². The summed E-state index contributed by atoms with van der Waals surface area (Å²) in [6.07, 6.45) is 1.81. The molecule has 4 nitrogen and oxygen atoms in total. The van der Waals surface area contributed by atoms with Crippen LogP contribution in [0.4, 0.5) is 0 Å². The summed E-state index contributed by atoms with van der Waals surface area (Å²) < 4.78 is 13.2. The summed E-state index contributed by atoms with van der Waals surface area (Å²) in [5.74, 6) is 1.46. The van der Waals surface area contributed by atoms with E-state index in [2.05, 4.69) is 22.0 Å². The Kier molecular flexibility index (Phi) is 6.80. The van der Waals surface area contributed by atoms with E-state index in [9.17, 15) is 4.79 Å². The summed E-state index contributed by atoms with van der Waals surface area (Å²) in [4.78, 5) is 14.3. The van der Waals surface area contributed by atoms with Crippen LogP contribution < -0.4 is 9.47 Å². The first-order chi connectivity index (χ1) is 13.3. The summed E-state index contributed by atoms with van der Waals surface area (Å²) in [6.45, 7) is 4.88. The molecule has 1 fully saturated rings. The fourth-order valence-corrected chi connectivity index (χ4v) is 4.17. The second-order valence-electron chi connectivity index (χ2n) is 6.39. The Morgan fingerprint density at radius 3 is 2.50 bits per heavy atom. The monoisotopic (exact) mass is 477 g/mol. The van der Waals surface area contributed by atoms with Gasteiger partial charge in [-0.05, 0) is 55.3 Å². The number of hydrogen-bond donors (Lipinski definition) is 0. The van der Waals surface area contributed by atoms with Gasteiger partial charge in [0.1, 0.15) is 29.0 Å². The van der Waals surface area contributed by atoms with Crippen molar-refractivity contribution < 1.29 is 14.3 Å². The minimum Gasteiger partial charge on any atom is -0.490 e. The molecule has 7 heteroatoms. The normalized spacial score (nSPS) is 15.4. The highest BCUT2D eigenvalue weighted by Gasteiger charge is 2.29. The van der Waals surface area contributed by atoms with Crippen molar-refractivity contribution in [3.05, 3.63) is 62.5 Å². The van der Waals surface area contributed by atoms with Crippen molar-refractivity contribution >= 4 is 56.2 Å². The Labute approximate surface area is 183 Å². The number of hydrogen-bond acceptors (Lipinski definition) is 5. The Bertz CT molecular complexity index is 959. The number of nitrogens with zero attached hydrogens (tertiary/aromatic N) is 1. The predicted molar refractivity (Wildman–Crippen MR) is 122 cm³/mol. The summed E-state index contributed by atoms with van der Waals surface area (Å²) in [5, 5.41) is 0. The molecule has 1 amide bonds. The van der Waals surface area contributed by atoms with Gasteiger partial charge in [-0.25, -0.2) is 0 Å². The molecule has 1 aliphatic rings. The van der Waals surface area contributed by atoms with E-state index in [4.69, 9.17) is 21.7 Å². The number of likely N-dealkylation sites (N-methyl/N-ethyl adjacent to an activating group) is 1. The van der Waals surface area contributed by atoms with E-state index < -0.39 is 0 Å². The van der Waals surface area contributed by atoms with Crippen molar-refractivity contribution in [2.75, 3.05) is 20.3 Å². The van der Waals surface area contributed by atoms with Crippen LogP contribution in [0, 0.1) is 13.8 Å². The number of amides is 1. The Hall–Kier alpha value is -1.83. The molecule has 3 rings (SSSR count). The molecule has 0 radical (unpaired) electrons. The van der Waals surface area contributed by atoms with Crippen LogP contribution in [0.5, 0.6) is 11.5 Å². The minimum atomic E-state index is -0.0980. The van der Waals surface area contributed by atoms with Crippen LogP contribution in [0.3, 0.4) is 0 Å². The molecule has 0 bridgehead atoms. The SMILES string of the molecule is Cc1ccc(C)c(OCCOc2ccc(Br)cc2C=C2SC(=S)N(C)C2=O)c1. The minimum absolute atomic E-state index is 0.0980. The van der Waals surface area contributed by atoms with Crippen LogP contribution in [-0.2, 0) is 4.79 Å². The molecule has 1 aliphatic heterocycles. The number of rotatable bonds is 6. The molecular formula is C21H20BrNO3S2. The lowest BCUT2D eigenvalue weighted by molar-refractivity contribution is -0.121. The predicted octanol–water partition coefficient (Wildman–Crippen LogP) is 5.35. The van der Waals surface area contributed by atoms with Gasteiger partial charge >= 0.3 is 0 Å². The van der Waals surface area contributed by atoms with Crippen molar-refractivity contribution in [1.29, 1.82) is 0 Å². The summed E-state index contributed by atoms with van der Waals surface area (Å²) in [5.41, 5.74) is 3.07. The molecule has 1 heterocycles. The molecule has 0 aromatic heterocycles. The number of carbonyl (C=O) groups is 1. The van der Waals surface area contributed by atoms with Crippen LogP contribution in [0.1, 0.15) is 16.7 Å². The van der Waals surface area contributed by atoms with E-state index in [1.807, 2.05) is 50.3 Å². The largest absolute Gasteiger partial charge is 0.490 e. The maximum Gasteiger partial charge on any atom is 0.265 e. The second kappa shape index (κ2) is 9.11. The Balaban J connectivity index is 1.69. The fraction of sp³-hybridized carbons (Fsp3) is 0.238. The van der Waals surface area contributed by atoms with Crippen molar-refractivity contribution in [2.45, 2.75) is 13.8 Å². The summed E-state index contributed by atoms with van der Waals surface area (Å²) >= 11 is 9.96. The number of thiocarbonyl (C=S) groups is 1. The van der Waals surface area contributed by atoms with Gasteiger partial charge in [0.15, 0.2) is 0 Å². The van der Waals surface area contributed by atoms with Crippen LogP contribution in [0.25, 0.3) is 6.08 Å². The number of ether oxygens (including phenoxy) is 2. The van der Waals surface area contributed by atoms with Crippen LogP contribution in [0.15, 0.2) is 45.8 Å². The molecule has 2 aromatic rings. The lowest BCUT2D eigenvalue weighted by Crippen LogP contribution is -2.22. The zero-order chi connectivity index (χ0) is 20.3. The van der Waals surface area contributed by atoms with Gasteiger partial charge < -0.3 is 9.47 Å². The number of halogens is 1. The molecule has 0 N–H and O–H groups in total. The average Bonchev–Trinajstić information content (AvgIpc) is 2.89. The van der Waals surface area contributed by atoms with Gasteiger partial charge in [0.25, 0.3) is 5.91 Å². The number of carbonyl (C=O) groups excluding carboxylic acids is 1. The third-order valence-corrected chi connectivity index (χ3v) is 6.17. The second-order valence-corrected chi connectivity index (χ2v) is 8.98. The molecule has 146 valence electrons. The van der Waals surface area contributed by atoms with E-state index in [0.29, 0.717) is 28.2 Å². The number of aryl methyl sites for hydroxylation is 2. The van der Waals surface area contributed by atoms with E-state index in [1.165, 1.54) is 16.7 Å². The van der Waals surface area contributed by atoms with Gasteiger partial charge in [0.05, 0.1) is 4.91 Å². The lowest BCUT2D eigenvalue weighted by atomic mass is 10.1. The molecule has 0 spiro atoms. The van der Waals surface area contributed by atoms with Crippen molar-refractivity contribution in [2.24, 2.45) is 0 Å². The average molecular weight is 478 g/mol. The van der Waals surface area contributed by atoms with E-state index in [-0.39, 0.29) is 5.91 Å². The molecule has 0 atom stereocenters. The van der Waals surface area contributed by atoms with Crippen LogP contribution >= 0.6 is 39.9 Å². The molecule has 0 aliphatic carbocycles. The maximum atomic E-state index is 12.3. The van der Waals surface area contributed by atoms with Crippen molar-refractivity contribution in [1.82, 2.24) is 4.90 Å². The van der Waals surface area contributed by atoms with Crippen molar-refractivity contribution in [3.63, 3.8) is 0 Å². The highest BCUT2D eigenvalue weighted by Crippen LogP contribution is 2.34. The molecule has 1 saturated heterocycles. The summed E-state index contributed by atoms with van der Waals surface area (Å²) in [6, 6.07) is 11.8. The molecule has 0 unspecified atom stereocenters. The fourth-order valence-electron chi connectivity index (χ4n) is 2.62. The lowest BCUT2D eigenvalue weighted by Gasteiger charge is -2.13. The zero-order valence-electron chi connectivity index (χ0n) is 15.8. The first-order valence-electron chi connectivity index (χ1n) is 8.69. The molecule has 2 aromatic carbocycles. The van der Waals surface area contributed by atoms with Gasteiger partial charge in [-0.2, -0.15) is 0 Å². The van der Waals surface area contributed by atoms with Crippen LogP contribution in [-0.4, -0.2) is 35.4 Å². The standard InChI is InChI=1S/C21H20BrNO3S2/c1-13-4-5-14(2)18(10-13)26-9-8-25-17-7-6-16(22)11-15(17)12-19-20(24)23(3)21(27)28-19/h4-7,10-12H,8-9H2,1-3H3. The summed E-state index contributed by atoms with van der Waals surface area (Å²) in [7, 11) is 1.68. The number of benzene rings is 2. The van der Waals surface area contributed by atoms with Gasteiger partial charge in [-0.3, -0.25) is 9.69 Å². The Morgan fingerprint density at radius 1 is 1.11 bits per heavy atom. The first kappa shape index (κ1) is 20.9. The maximum absolute atomic E-state index is 12.3. The van der Waals surface area contributed by atoms with Crippen LogP contribution in [0.2, 0.25) is 0 Å². The highest BCUT2D eigenvalue weighted by molar-refractivity contribution is 9.10. The quantitative estimate of drug-likeness (QED) is 0.318. The zero-order valence-corrected chi connectivity index (χ0v) is 19.0. The molecular weight excluding hydrogens is 458 g/mol. The third-order valence-electron chi connectivity index (χ3n) is 4.19. The highest BCUT2D eigenvalue weighted by atomic mass is 79.9. The van der Waals surface area contributed by atoms with Crippen molar-refractivity contribution in [3.8, 4) is 11.5 Å². The molecule has 28 heavy (non-hydrogen) atoms. The van der Waals surface area contributed by atoms with E-state index in [0.717, 1.165) is 26.9 Å². The Morgan fingerprint density at radius 2 is 1.82 bits per heavy atom. The van der Waals surface area contributed by atoms with Gasteiger partial charge in [-0.15, -0.1) is 0 Å². The number of thioether (sulfide) groups is 1. The van der Waals surface area contributed by atoms with Gasteiger partial charge in [0.2, 0.25) is 0 Å². The third kappa shape index (κ3) is 4.96.